The molecule has 0 amide bonds. The Balaban J connectivity index is 1.31. The Morgan fingerprint density at radius 1 is 0.949 bits per heavy atom. The third kappa shape index (κ3) is 5.29. The number of hydrogen-bond donors (Lipinski definition) is 3. The van der Waals surface area contributed by atoms with Gasteiger partial charge < -0.3 is 19.5 Å². The van der Waals surface area contributed by atoms with Gasteiger partial charge in [-0.05, 0) is 61.4 Å². The molecule has 0 bridgehead atoms. The quantitative estimate of drug-likeness (QED) is 0.392. The lowest BCUT2D eigenvalue weighted by Crippen LogP contribution is -2.65. The van der Waals surface area contributed by atoms with Crippen molar-refractivity contribution >= 4 is 21.3 Å². The first-order chi connectivity index (χ1) is 18.6. The number of piperidine rings is 1. The normalized spacial score (nSPS) is 24.7. The van der Waals surface area contributed by atoms with Crippen molar-refractivity contribution in [2.45, 2.75) is 48.3 Å². The molecule has 6 rings (SSSR count). The third-order valence-corrected chi connectivity index (χ3v) is 8.80. The van der Waals surface area contributed by atoms with E-state index in [1.54, 1.807) is 0 Å². The summed E-state index contributed by atoms with van der Waals surface area (Å²) in [7, 11) is -3.67. The minimum Gasteiger partial charge on any atom is -0.453 e. The van der Waals surface area contributed by atoms with Crippen LogP contribution >= 0.6 is 0 Å². The SMILES string of the molecule is N=S(=O)(NC1CN(C2CC2)CC(N2c3ccccc3Oc3ccccc32)C1O)c1ccc(OC(F)(F)F)cc1. The maximum absolute atomic E-state index is 13.5. The van der Waals surface area contributed by atoms with E-state index in [9.17, 15) is 22.5 Å². The predicted octanol–water partition coefficient (Wildman–Crippen LogP) is 5.02. The fraction of sp³-hybridized carbons (Fsp3) is 0.333. The summed E-state index contributed by atoms with van der Waals surface area (Å²) in [6, 6.07) is 18.6. The fourth-order valence-electron chi connectivity index (χ4n) is 5.34. The Kier molecular flexibility index (Phi) is 6.45. The molecule has 8 nitrogen and oxygen atoms in total. The molecule has 3 N–H and O–H groups in total. The second kappa shape index (κ2) is 9.70. The van der Waals surface area contributed by atoms with Crippen LogP contribution in [-0.2, 0) is 9.92 Å². The predicted molar refractivity (Wildman–Crippen MR) is 139 cm³/mol. The van der Waals surface area contributed by atoms with Crippen LogP contribution in [0.1, 0.15) is 12.8 Å². The number of para-hydroxylation sites is 4. The van der Waals surface area contributed by atoms with E-state index in [2.05, 4.69) is 19.3 Å². The number of hydrogen-bond acceptors (Lipinski definition) is 7. The van der Waals surface area contributed by atoms with Crippen molar-refractivity contribution in [3.8, 4) is 17.2 Å². The number of rotatable bonds is 6. The molecule has 12 heteroatoms. The number of ether oxygens (including phenoxy) is 2. The molecule has 1 saturated heterocycles. The Morgan fingerprint density at radius 2 is 1.54 bits per heavy atom. The Hall–Kier alpha value is -3.32. The number of halogens is 3. The zero-order valence-electron chi connectivity index (χ0n) is 20.7. The van der Waals surface area contributed by atoms with E-state index in [1.165, 1.54) is 12.1 Å². The van der Waals surface area contributed by atoms with Crippen LogP contribution in [0.3, 0.4) is 0 Å². The highest BCUT2D eigenvalue weighted by Gasteiger charge is 2.46. The van der Waals surface area contributed by atoms with Gasteiger partial charge in [-0.1, -0.05) is 24.3 Å². The van der Waals surface area contributed by atoms with Crippen molar-refractivity contribution in [1.82, 2.24) is 9.62 Å². The molecule has 1 aliphatic carbocycles. The molecule has 0 spiro atoms. The molecular weight excluding hydrogens is 533 g/mol. The van der Waals surface area contributed by atoms with Crippen molar-refractivity contribution in [3.05, 3.63) is 72.8 Å². The molecule has 2 aliphatic heterocycles. The average Bonchev–Trinajstić information content (AvgIpc) is 3.74. The number of alkyl halides is 3. The number of fused-ring (bicyclic) bond motifs is 2. The molecule has 2 fully saturated rings. The third-order valence-electron chi connectivity index (χ3n) is 7.23. The molecule has 3 aliphatic rings. The van der Waals surface area contributed by atoms with Crippen LogP contribution in [-0.4, -0.2) is 57.9 Å². The molecule has 1 saturated carbocycles. The van der Waals surface area contributed by atoms with Crippen LogP contribution in [0.15, 0.2) is 77.7 Å². The van der Waals surface area contributed by atoms with E-state index in [0.29, 0.717) is 30.6 Å². The minimum atomic E-state index is -4.85. The van der Waals surface area contributed by atoms with Gasteiger partial charge in [0, 0.05) is 19.1 Å². The first kappa shape index (κ1) is 25.9. The second-order valence-electron chi connectivity index (χ2n) is 9.95. The molecule has 0 aromatic heterocycles. The van der Waals surface area contributed by atoms with Crippen LogP contribution in [0, 0.1) is 4.78 Å². The van der Waals surface area contributed by atoms with Gasteiger partial charge in [0.2, 0.25) is 0 Å². The molecule has 4 atom stereocenters. The first-order valence-corrected chi connectivity index (χ1v) is 14.1. The second-order valence-corrected chi connectivity index (χ2v) is 11.8. The van der Waals surface area contributed by atoms with Crippen molar-refractivity contribution in [1.29, 1.82) is 4.78 Å². The number of nitrogens with one attached hydrogen (secondary N) is 2. The maximum atomic E-state index is 13.5. The lowest BCUT2D eigenvalue weighted by molar-refractivity contribution is -0.274. The van der Waals surface area contributed by atoms with Crippen LogP contribution in [0.5, 0.6) is 17.2 Å². The van der Waals surface area contributed by atoms with Gasteiger partial charge in [-0.2, -0.15) is 0 Å². The molecule has 39 heavy (non-hydrogen) atoms. The van der Waals surface area contributed by atoms with Gasteiger partial charge in [0.15, 0.2) is 11.5 Å². The summed E-state index contributed by atoms with van der Waals surface area (Å²) >= 11 is 0. The van der Waals surface area contributed by atoms with E-state index in [1.807, 2.05) is 48.5 Å². The summed E-state index contributed by atoms with van der Waals surface area (Å²) in [5, 5.41) is 11.7. The maximum Gasteiger partial charge on any atom is 0.573 e. The van der Waals surface area contributed by atoms with Crippen LogP contribution in [0.25, 0.3) is 0 Å². The summed E-state index contributed by atoms with van der Waals surface area (Å²) in [5.74, 6) is 0.840. The first-order valence-electron chi connectivity index (χ1n) is 12.6. The van der Waals surface area contributed by atoms with Gasteiger partial charge in [0.25, 0.3) is 0 Å². The summed E-state index contributed by atoms with van der Waals surface area (Å²) in [6.07, 6.45) is -3.85. The Labute approximate surface area is 224 Å². The van der Waals surface area contributed by atoms with Crippen LogP contribution in [0.4, 0.5) is 24.5 Å². The monoisotopic (exact) mass is 560 g/mol. The van der Waals surface area contributed by atoms with Gasteiger partial charge in [-0.3, -0.25) is 4.90 Å². The van der Waals surface area contributed by atoms with E-state index in [0.717, 1.165) is 36.3 Å². The van der Waals surface area contributed by atoms with Crippen molar-refractivity contribution in [2.24, 2.45) is 0 Å². The van der Waals surface area contributed by atoms with E-state index in [4.69, 9.17) is 9.52 Å². The summed E-state index contributed by atoms with van der Waals surface area (Å²) in [5.41, 5.74) is 1.59. The van der Waals surface area contributed by atoms with Gasteiger partial charge >= 0.3 is 6.36 Å². The zero-order chi connectivity index (χ0) is 27.4. The number of benzene rings is 3. The van der Waals surface area contributed by atoms with Crippen molar-refractivity contribution < 1.29 is 32.0 Å². The van der Waals surface area contributed by atoms with Gasteiger partial charge in [0.1, 0.15) is 15.7 Å². The number of aliphatic hydroxyl groups excluding tert-OH is 1. The molecule has 2 heterocycles. The van der Waals surface area contributed by atoms with E-state index < -0.39 is 40.2 Å². The molecule has 3 aromatic carbocycles. The molecule has 0 radical (unpaired) electrons. The lowest BCUT2D eigenvalue weighted by atomic mass is 9.94. The average molecular weight is 561 g/mol. The largest absolute Gasteiger partial charge is 0.573 e. The Bertz CT molecular complexity index is 1420. The van der Waals surface area contributed by atoms with Crippen molar-refractivity contribution in [2.75, 3.05) is 18.0 Å². The highest BCUT2D eigenvalue weighted by molar-refractivity contribution is 7.90. The van der Waals surface area contributed by atoms with Crippen molar-refractivity contribution in [3.63, 3.8) is 0 Å². The van der Waals surface area contributed by atoms with E-state index >= 15 is 0 Å². The van der Waals surface area contributed by atoms with Gasteiger partial charge in [-0.15, -0.1) is 13.2 Å². The molecule has 3 aromatic rings. The molecular formula is C27H27F3N4O4S. The van der Waals surface area contributed by atoms with E-state index in [-0.39, 0.29) is 4.90 Å². The fourth-order valence-corrected chi connectivity index (χ4v) is 6.63. The standard InChI is InChI=1S/C27H27F3N4O4S/c28-27(29,30)38-18-11-13-19(14-12-18)39(31,36)32-20-15-33(17-9-10-17)16-23(26(20)35)34-21-5-1-3-7-24(21)37-25-8-4-2-6-22(25)34/h1-8,11-14,17,20,23,26,35H,9-10,15-16H2,(H2,31,32,36). The summed E-state index contributed by atoms with van der Waals surface area (Å²) in [4.78, 5) is 4.29. The number of anilines is 2. The van der Waals surface area contributed by atoms with Crippen LogP contribution < -0.4 is 19.1 Å². The summed E-state index contributed by atoms with van der Waals surface area (Å²) in [6.45, 7) is 0.927. The number of likely N-dealkylation sites (tertiary alicyclic amines) is 1. The smallest absolute Gasteiger partial charge is 0.453 e. The topological polar surface area (TPSA) is 98.1 Å². The molecule has 4 unspecified atom stereocenters. The number of nitrogens with zero attached hydrogens (tertiary/aromatic N) is 2. The van der Waals surface area contributed by atoms with Gasteiger partial charge in [-0.25, -0.2) is 13.7 Å². The molecule has 206 valence electrons. The summed E-state index contributed by atoms with van der Waals surface area (Å²) < 4.78 is 72.5. The zero-order valence-corrected chi connectivity index (χ0v) is 21.5. The van der Waals surface area contributed by atoms with Crippen LogP contribution in [0.2, 0.25) is 0 Å². The highest BCUT2D eigenvalue weighted by Crippen LogP contribution is 2.48. The highest BCUT2D eigenvalue weighted by atomic mass is 32.2. The number of aliphatic hydroxyl groups is 1. The van der Waals surface area contributed by atoms with Gasteiger partial charge in [0.05, 0.1) is 34.5 Å². The lowest BCUT2D eigenvalue weighted by Gasteiger charge is -2.48. The Morgan fingerprint density at radius 3 is 2.10 bits per heavy atom. The minimum absolute atomic E-state index is 0.00798.